The average molecular weight is 252 g/mol. The molecule has 17 heavy (non-hydrogen) atoms. The molecule has 0 fully saturated rings. The van der Waals surface area contributed by atoms with E-state index in [0.29, 0.717) is 0 Å². The Hall–Kier alpha value is -1.16. The summed E-state index contributed by atoms with van der Waals surface area (Å²) in [6.07, 6.45) is 5.89. The first kappa shape index (κ1) is 13.9. The third kappa shape index (κ3) is 3.97. The van der Waals surface area contributed by atoms with Crippen molar-refractivity contribution in [3.05, 3.63) is 33.2 Å². The van der Waals surface area contributed by atoms with Gasteiger partial charge in [0.1, 0.15) is 0 Å². The maximum absolute atomic E-state index is 11.3. The normalized spacial score (nSPS) is 10.1. The van der Waals surface area contributed by atoms with E-state index in [9.17, 15) is 4.79 Å². The van der Waals surface area contributed by atoms with Gasteiger partial charge in [-0.25, -0.2) is 4.98 Å². The number of hydrogen-bond acceptors (Lipinski definition) is 3. The van der Waals surface area contributed by atoms with Gasteiger partial charge in [-0.3, -0.25) is 9.20 Å². The molecular formula is C13H20N2OS. The van der Waals surface area contributed by atoms with E-state index in [2.05, 4.69) is 18.8 Å². The Morgan fingerprint density at radius 1 is 1.29 bits per heavy atom. The van der Waals surface area contributed by atoms with Gasteiger partial charge in [0, 0.05) is 22.8 Å². The molecule has 0 aromatic carbocycles. The quantitative estimate of drug-likeness (QED) is 0.819. The van der Waals surface area contributed by atoms with Gasteiger partial charge in [-0.15, -0.1) is 11.3 Å². The van der Waals surface area contributed by atoms with Crippen molar-refractivity contribution < 1.29 is 0 Å². The van der Waals surface area contributed by atoms with Crippen LogP contribution in [0.15, 0.2) is 17.1 Å². The van der Waals surface area contributed by atoms with E-state index >= 15 is 0 Å². The van der Waals surface area contributed by atoms with E-state index in [1.165, 1.54) is 30.6 Å². The molecule has 2 heterocycles. The summed E-state index contributed by atoms with van der Waals surface area (Å²) < 4.78 is 1.58. The van der Waals surface area contributed by atoms with Crippen molar-refractivity contribution in [3.8, 4) is 0 Å². The van der Waals surface area contributed by atoms with Crippen LogP contribution in [0.3, 0.4) is 0 Å². The first-order valence-corrected chi connectivity index (χ1v) is 6.86. The smallest absolute Gasteiger partial charge is 0.258 e. The Morgan fingerprint density at radius 2 is 1.94 bits per heavy atom. The van der Waals surface area contributed by atoms with Crippen molar-refractivity contribution >= 4 is 16.3 Å². The van der Waals surface area contributed by atoms with E-state index in [4.69, 9.17) is 0 Å². The predicted molar refractivity (Wildman–Crippen MR) is 74.0 cm³/mol. The van der Waals surface area contributed by atoms with E-state index < -0.39 is 0 Å². The molecular weight excluding hydrogens is 232 g/mol. The molecule has 0 amide bonds. The summed E-state index contributed by atoms with van der Waals surface area (Å²) in [4.78, 5) is 17.5. The van der Waals surface area contributed by atoms with Crippen LogP contribution in [0, 0.1) is 13.8 Å². The third-order valence-corrected chi connectivity index (χ3v) is 3.22. The molecule has 4 heteroatoms. The zero-order valence-corrected chi connectivity index (χ0v) is 11.8. The largest absolute Gasteiger partial charge is 0.269 e. The average Bonchev–Trinajstić information content (AvgIpc) is 2.61. The summed E-state index contributed by atoms with van der Waals surface area (Å²) in [6, 6.07) is 1.54. The van der Waals surface area contributed by atoms with Crippen LogP contribution in [0.1, 0.15) is 43.7 Å². The van der Waals surface area contributed by atoms with Gasteiger partial charge in [-0.05, 0) is 13.8 Å². The summed E-state index contributed by atoms with van der Waals surface area (Å²) >= 11 is 1.53. The van der Waals surface area contributed by atoms with Gasteiger partial charge in [0.2, 0.25) is 0 Å². The lowest BCUT2D eigenvalue weighted by Crippen LogP contribution is -2.11. The summed E-state index contributed by atoms with van der Waals surface area (Å²) in [5.74, 6) is 0. The fraction of sp³-hybridized carbons (Fsp3) is 0.538. The molecule has 0 aliphatic heterocycles. The molecule has 0 bridgehead atoms. The van der Waals surface area contributed by atoms with E-state index in [-0.39, 0.29) is 5.56 Å². The fourth-order valence-electron chi connectivity index (χ4n) is 1.48. The molecule has 0 N–H and O–H groups in total. The molecule has 2 aromatic heterocycles. The lowest BCUT2D eigenvalue weighted by Gasteiger charge is -1.91. The number of rotatable bonds is 2. The first-order chi connectivity index (χ1) is 8.08. The van der Waals surface area contributed by atoms with Crippen molar-refractivity contribution in [2.24, 2.45) is 0 Å². The van der Waals surface area contributed by atoms with Crippen LogP contribution >= 0.6 is 11.3 Å². The van der Waals surface area contributed by atoms with Crippen LogP contribution < -0.4 is 5.56 Å². The second-order valence-corrected chi connectivity index (χ2v) is 5.30. The third-order valence-electron chi connectivity index (χ3n) is 2.32. The number of thiazole rings is 1. The van der Waals surface area contributed by atoms with Gasteiger partial charge in [0.25, 0.3) is 5.56 Å². The van der Waals surface area contributed by atoms with Crippen molar-refractivity contribution in [2.75, 3.05) is 0 Å². The summed E-state index contributed by atoms with van der Waals surface area (Å²) in [6.45, 7) is 8.22. The van der Waals surface area contributed by atoms with Gasteiger partial charge in [-0.2, -0.15) is 0 Å². The second-order valence-electron chi connectivity index (χ2n) is 4.08. The van der Waals surface area contributed by atoms with Gasteiger partial charge in [-0.1, -0.05) is 33.1 Å². The first-order valence-electron chi connectivity index (χ1n) is 6.05. The van der Waals surface area contributed by atoms with Gasteiger partial charge >= 0.3 is 0 Å². The molecule has 94 valence electrons. The molecule has 0 unspecified atom stereocenters. The maximum atomic E-state index is 11.3. The molecule has 2 rings (SSSR count). The van der Waals surface area contributed by atoms with Crippen LogP contribution in [-0.4, -0.2) is 9.38 Å². The van der Waals surface area contributed by atoms with Gasteiger partial charge < -0.3 is 0 Å². The van der Waals surface area contributed by atoms with E-state index in [1.807, 2.05) is 20.0 Å². The molecule has 0 radical (unpaired) electrons. The maximum Gasteiger partial charge on any atom is 0.258 e. The van der Waals surface area contributed by atoms with E-state index in [0.717, 1.165) is 15.5 Å². The molecule has 0 spiro atoms. The monoisotopic (exact) mass is 252 g/mol. The Bertz CT molecular complexity index is 526. The highest BCUT2D eigenvalue weighted by molar-refractivity contribution is 7.16. The highest BCUT2D eigenvalue weighted by atomic mass is 32.1. The molecule has 0 atom stereocenters. The highest BCUT2D eigenvalue weighted by Gasteiger charge is 2.01. The Balaban J connectivity index is 0.000000249. The second kappa shape index (κ2) is 6.55. The highest BCUT2D eigenvalue weighted by Crippen LogP contribution is 2.12. The fourth-order valence-corrected chi connectivity index (χ4v) is 2.35. The number of unbranched alkanes of at least 4 members (excludes halogenated alkanes) is 2. The Labute approximate surface area is 106 Å². The minimum atomic E-state index is 0.00171. The van der Waals surface area contributed by atoms with Crippen LogP contribution in [0.25, 0.3) is 4.96 Å². The van der Waals surface area contributed by atoms with Crippen LogP contribution in [0.5, 0.6) is 0 Å². The zero-order valence-electron chi connectivity index (χ0n) is 11.0. The van der Waals surface area contributed by atoms with Gasteiger partial charge in [0.15, 0.2) is 4.96 Å². The van der Waals surface area contributed by atoms with Crippen LogP contribution in [0.4, 0.5) is 0 Å². The Kier molecular flexibility index (Phi) is 5.35. The zero-order chi connectivity index (χ0) is 12.8. The molecule has 0 aliphatic carbocycles. The standard InChI is InChI=1S/C8H8N2OS.C5H12/c1-5-3-7(11)10-4-6(2)12-8(10)9-5;1-3-5-4-2/h3-4H,1-2H3;3-5H2,1-2H3. The Morgan fingerprint density at radius 3 is 2.47 bits per heavy atom. The predicted octanol–water partition coefficient (Wildman–Crippen LogP) is 3.57. The summed E-state index contributed by atoms with van der Waals surface area (Å²) in [7, 11) is 0. The number of aromatic nitrogens is 2. The number of nitrogens with zero attached hydrogens (tertiary/aromatic N) is 2. The molecule has 2 aromatic rings. The summed E-state index contributed by atoms with van der Waals surface area (Å²) in [5, 5.41) is 0. The van der Waals surface area contributed by atoms with Crippen molar-refractivity contribution in [3.63, 3.8) is 0 Å². The minimum absolute atomic E-state index is 0.00171. The van der Waals surface area contributed by atoms with Gasteiger partial charge in [0.05, 0.1) is 0 Å². The molecule has 0 saturated heterocycles. The van der Waals surface area contributed by atoms with Crippen molar-refractivity contribution in [1.82, 2.24) is 9.38 Å². The van der Waals surface area contributed by atoms with E-state index in [1.54, 1.807) is 10.5 Å². The minimum Gasteiger partial charge on any atom is -0.269 e. The van der Waals surface area contributed by atoms with Crippen LogP contribution in [0.2, 0.25) is 0 Å². The molecule has 0 saturated carbocycles. The summed E-state index contributed by atoms with van der Waals surface area (Å²) in [5.41, 5.74) is 0.781. The lowest BCUT2D eigenvalue weighted by atomic mass is 10.3. The number of fused-ring (bicyclic) bond motifs is 1. The molecule has 0 aliphatic rings. The lowest BCUT2D eigenvalue weighted by molar-refractivity contribution is 0.772. The SMILES string of the molecule is CCCCC.Cc1cc(=O)n2cc(C)sc2n1. The topological polar surface area (TPSA) is 34.4 Å². The van der Waals surface area contributed by atoms with Crippen molar-refractivity contribution in [2.45, 2.75) is 47.0 Å². The van der Waals surface area contributed by atoms with Crippen molar-refractivity contribution in [1.29, 1.82) is 0 Å². The van der Waals surface area contributed by atoms with Crippen LogP contribution in [-0.2, 0) is 0 Å². The number of aryl methyl sites for hydroxylation is 2. The number of hydrogen-bond donors (Lipinski definition) is 0. The molecule has 3 nitrogen and oxygen atoms in total.